The van der Waals surface area contributed by atoms with E-state index in [0.29, 0.717) is 39.4 Å². The van der Waals surface area contributed by atoms with E-state index in [1.165, 1.54) is 18.3 Å². The Morgan fingerprint density at radius 3 is 2.70 bits per heavy atom. The molecule has 0 unspecified atom stereocenters. The van der Waals surface area contributed by atoms with Crippen molar-refractivity contribution in [2.45, 2.75) is 39.3 Å². The lowest BCUT2D eigenvalue weighted by molar-refractivity contribution is 0.0785. The lowest BCUT2D eigenvalue weighted by Crippen LogP contribution is -2.27. The maximum absolute atomic E-state index is 14.0. The van der Waals surface area contributed by atoms with Gasteiger partial charge < -0.3 is 20.8 Å². The van der Waals surface area contributed by atoms with E-state index in [4.69, 9.17) is 15.9 Å². The number of carbonyl (C=O) groups excluding carboxylic acids is 1. The molecule has 0 atom stereocenters. The molecule has 1 aromatic heterocycles. The Kier molecular flexibility index (Phi) is 6.14. The second kappa shape index (κ2) is 9.02. The fraction of sp³-hybridized carbons (Fsp3) is 0.269. The maximum atomic E-state index is 14.0. The van der Waals surface area contributed by atoms with Crippen LogP contribution >= 0.6 is 0 Å². The number of ether oxygens (including phenoxy) is 1. The molecule has 2 aromatic carbocycles. The molecule has 170 valence electrons. The highest BCUT2D eigenvalue weighted by Gasteiger charge is 2.26. The van der Waals surface area contributed by atoms with Crippen LogP contribution in [0.1, 0.15) is 45.6 Å². The van der Waals surface area contributed by atoms with E-state index in [-0.39, 0.29) is 24.4 Å². The van der Waals surface area contributed by atoms with Gasteiger partial charge in [0.1, 0.15) is 11.6 Å². The van der Waals surface area contributed by atoms with Gasteiger partial charge in [-0.15, -0.1) is 0 Å². The zero-order valence-corrected chi connectivity index (χ0v) is 19.0. The molecule has 1 aliphatic rings. The molecule has 0 bridgehead atoms. The zero-order valence-electron chi connectivity index (χ0n) is 19.0. The number of nitrogens with two attached hydrogens (primary N) is 1. The number of anilines is 1. The fourth-order valence-corrected chi connectivity index (χ4v) is 3.79. The third kappa shape index (κ3) is 4.87. The summed E-state index contributed by atoms with van der Waals surface area (Å²) in [5.74, 6) is 0.0641. The average Bonchev–Trinajstić information content (AvgIpc) is 3.59. The average molecular weight is 447 g/mol. The van der Waals surface area contributed by atoms with Gasteiger partial charge in [-0.25, -0.2) is 4.39 Å². The molecule has 0 radical (unpaired) electrons. The Labute approximate surface area is 192 Å². The minimum absolute atomic E-state index is 0.125. The summed E-state index contributed by atoms with van der Waals surface area (Å²) in [5.41, 5.74) is 11.3. The Bertz CT molecular complexity index is 1220. The molecule has 0 aliphatic heterocycles. The zero-order chi connectivity index (χ0) is 23.7. The first kappa shape index (κ1) is 22.5. The molecule has 33 heavy (non-hydrogen) atoms. The van der Waals surface area contributed by atoms with Crippen LogP contribution in [-0.2, 0) is 6.54 Å². The van der Waals surface area contributed by atoms with E-state index >= 15 is 0 Å². The number of halogens is 1. The van der Waals surface area contributed by atoms with E-state index in [9.17, 15) is 9.18 Å². The van der Waals surface area contributed by atoms with Crippen LogP contribution in [0.4, 0.5) is 10.1 Å². The van der Waals surface area contributed by atoms with E-state index in [1.807, 2.05) is 19.1 Å². The number of carbonyl (C=O) groups is 1. The van der Waals surface area contributed by atoms with E-state index in [0.717, 1.165) is 24.0 Å². The van der Waals surface area contributed by atoms with E-state index < -0.39 is 0 Å². The largest absolute Gasteiger partial charge is 0.490 e. The molecule has 3 N–H and O–H groups in total. The first-order chi connectivity index (χ1) is 15.8. The van der Waals surface area contributed by atoms with Gasteiger partial charge in [0.15, 0.2) is 0 Å². The Morgan fingerprint density at radius 2 is 2.03 bits per heavy atom. The molecule has 1 saturated carbocycles. The molecule has 6 nitrogen and oxygen atoms in total. The SMILES string of the molecule is Cc1cc(F)cc(-c2ccc(C(=O)N(C)Cc3cnc(C)c(C=N)c3N)cc2OC2CC2)c1. The molecular formula is C26H27FN4O2. The van der Waals surface area contributed by atoms with Crippen LogP contribution in [0, 0.1) is 25.1 Å². The van der Waals surface area contributed by atoms with Crippen molar-refractivity contribution in [1.82, 2.24) is 9.88 Å². The third-order valence-corrected chi connectivity index (χ3v) is 5.74. The molecule has 1 aliphatic carbocycles. The number of hydrogen-bond acceptors (Lipinski definition) is 5. The summed E-state index contributed by atoms with van der Waals surface area (Å²) in [6.45, 7) is 3.89. The van der Waals surface area contributed by atoms with Crippen molar-refractivity contribution in [3.05, 3.63) is 76.4 Å². The summed E-state index contributed by atoms with van der Waals surface area (Å²) in [7, 11) is 1.69. The molecule has 1 heterocycles. The van der Waals surface area contributed by atoms with Crippen LogP contribution < -0.4 is 10.5 Å². The number of nitrogens with one attached hydrogen (secondary N) is 1. The third-order valence-electron chi connectivity index (χ3n) is 5.74. The smallest absolute Gasteiger partial charge is 0.254 e. The summed E-state index contributed by atoms with van der Waals surface area (Å²) in [5, 5.41) is 7.56. The highest BCUT2D eigenvalue weighted by Crippen LogP contribution is 2.36. The van der Waals surface area contributed by atoms with Gasteiger partial charge >= 0.3 is 0 Å². The minimum atomic E-state index is -0.309. The molecule has 1 fully saturated rings. The first-order valence-corrected chi connectivity index (χ1v) is 10.8. The van der Waals surface area contributed by atoms with Crippen molar-refractivity contribution >= 4 is 17.8 Å². The van der Waals surface area contributed by atoms with Crippen molar-refractivity contribution in [2.24, 2.45) is 0 Å². The van der Waals surface area contributed by atoms with Crippen LogP contribution in [0.15, 0.2) is 42.6 Å². The summed E-state index contributed by atoms with van der Waals surface area (Å²) in [6.07, 6.45) is 4.87. The van der Waals surface area contributed by atoms with Crippen molar-refractivity contribution in [3.8, 4) is 16.9 Å². The number of benzene rings is 2. The summed E-state index contributed by atoms with van der Waals surface area (Å²) >= 11 is 0. The summed E-state index contributed by atoms with van der Waals surface area (Å²) < 4.78 is 20.1. The molecule has 4 rings (SSSR count). The van der Waals surface area contributed by atoms with Crippen molar-refractivity contribution in [2.75, 3.05) is 12.8 Å². The van der Waals surface area contributed by atoms with Crippen molar-refractivity contribution in [3.63, 3.8) is 0 Å². The normalized spacial score (nSPS) is 13.0. The van der Waals surface area contributed by atoms with Gasteiger partial charge in [-0.2, -0.15) is 0 Å². The van der Waals surface area contributed by atoms with Gasteiger partial charge in [-0.1, -0.05) is 6.07 Å². The Morgan fingerprint density at radius 1 is 1.27 bits per heavy atom. The monoisotopic (exact) mass is 446 g/mol. The number of nitrogens with zero attached hydrogens (tertiary/aromatic N) is 2. The van der Waals surface area contributed by atoms with Crippen LogP contribution in [0.25, 0.3) is 11.1 Å². The number of aryl methyl sites for hydroxylation is 2. The second-order valence-corrected chi connectivity index (χ2v) is 8.55. The number of aromatic nitrogens is 1. The highest BCUT2D eigenvalue weighted by molar-refractivity contribution is 5.96. The maximum Gasteiger partial charge on any atom is 0.254 e. The van der Waals surface area contributed by atoms with Gasteiger partial charge in [0, 0.05) is 59.6 Å². The molecule has 0 spiro atoms. The van der Waals surface area contributed by atoms with Crippen molar-refractivity contribution in [1.29, 1.82) is 5.41 Å². The van der Waals surface area contributed by atoms with Gasteiger partial charge in [-0.05, 0) is 68.1 Å². The number of rotatable bonds is 7. The van der Waals surface area contributed by atoms with Crippen LogP contribution in [0.3, 0.4) is 0 Å². The van der Waals surface area contributed by atoms with Crippen LogP contribution in [0.5, 0.6) is 5.75 Å². The quantitative estimate of drug-likeness (QED) is 0.505. The number of nitrogen functional groups attached to an aromatic ring is 1. The molecule has 7 heteroatoms. The van der Waals surface area contributed by atoms with Crippen molar-refractivity contribution < 1.29 is 13.9 Å². The molecule has 3 aromatic rings. The predicted octanol–water partition coefficient (Wildman–Crippen LogP) is 4.90. The molecular weight excluding hydrogens is 419 g/mol. The van der Waals surface area contributed by atoms with Gasteiger partial charge in [0.05, 0.1) is 6.10 Å². The molecule has 0 saturated heterocycles. The van der Waals surface area contributed by atoms with Gasteiger partial charge in [-0.3, -0.25) is 9.78 Å². The van der Waals surface area contributed by atoms with E-state index in [2.05, 4.69) is 4.98 Å². The van der Waals surface area contributed by atoms with E-state index in [1.54, 1.807) is 37.2 Å². The number of amides is 1. The van der Waals surface area contributed by atoms with Gasteiger partial charge in [0.2, 0.25) is 0 Å². The summed E-state index contributed by atoms with van der Waals surface area (Å²) in [6, 6.07) is 10.1. The summed E-state index contributed by atoms with van der Waals surface area (Å²) in [4.78, 5) is 19.0. The standard InChI is InChI=1S/C26H27FN4O2/c1-15-8-18(10-20(27)9-15)22-7-4-17(11-24(22)33-21-5-6-21)26(32)31(3)14-19-13-30-16(2)23(12-28)25(19)29/h4,7-13,21,28H,5-6,14H2,1-3H3,(H2,29,30). The second-order valence-electron chi connectivity index (χ2n) is 8.55. The van der Waals surface area contributed by atoms with Gasteiger partial charge in [0.25, 0.3) is 5.91 Å². The fourth-order valence-electron chi connectivity index (χ4n) is 3.79. The lowest BCUT2D eigenvalue weighted by atomic mass is 10.00. The Hall–Kier alpha value is -3.74. The predicted molar refractivity (Wildman–Crippen MR) is 127 cm³/mol. The highest BCUT2D eigenvalue weighted by atomic mass is 19.1. The number of pyridine rings is 1. The van der Waals surface area contributed by atoms with Crippen LogP contribution in [-0.4, -0.2) is 35.2 Å². The molecule has 1 amide bonds. The first-order valence-electron chi connectivity index (χ1n) is 10.8. The lowest BCUT2D eigenvalue weighted by Gasteiger charge is -2.20. The topological polar surface area (TPSA) is 92.3 Å². The minimum Gasteiger partial charge on any atom is -0.490 e. The Balaban J connectivity index is 1.63. The van der Waals surface area contributed by atoms with Crippen LogP contribution in [0.2, 0.25) is 0 Å². The number of hydrogen-bond donors (Lipinski definition) is 2.